The molecule has 0 aromatic carbocycles. The summed E-state index contributed by atoms with van der Waals surface area (Å²) in [5.74, 6) is -1.02. The molecular weight excluding hydrogens is 354 g/mol. The van der Waals surface area contributed by atoms with Gasteiger partial charge in [-0.25, -0.2) is 4.79 Å². The first kappa shape index (κ1) is 19.9. The highest BCUT2D eigenvalue weighted by atomic mass is 16.4. The highest BCUT2D eigenvalue weighted by Gasteiger charge is 2.10. The smallest absolute Gasteiger partial charge is 0.332 e. The number of carbonyl (C=O) groups excluding carboxylic acids is 1. The first-order chi connectivity index (χ1) is 12.9. The zero-order valence-corrected chi connectivity index (χ0v) is 14.8. The summed E-state index contributed by atoms with van der Waals surface area (Å²) in [4.78, 5) is 50.5. The van der Waals surface area contributed by atoms with Crippen molar-refractivity contribution >= 4 is 17.7 Å². The van der Waals surface area contributed by atoms with Crippen molar-refractivity contribution in [2.75, 3.05) is 18.4 Å². The summed E-state index contributed by atoms with van der Waals surface area (Å²) in [6.45, 7) is 0.443. The fraction of sp³-hybridized carbons (Fsp3) is 0.353. The van der Waals surface area contributed by atoms with Gasteiger partial charge < -0.3 is 15.7 Å². The van der Waals surface area contributed by atoms with Gasteiger partial charge in [-0.2, -0.15) is 0 Å². The third kappa shape index (κ3) is 5.80. The molecule has 2 aromatic rings. The van der Waals surface area contributed by atoms with E-state index >= 15 is 0 Å². The number of hydrogen-bond donors (Lipinski definition) is 3. The van der Waals surface area contributed by atoms with Crippen LogP contribution in [0.5, 0.6) is 0 Å². The lowest BCUT2D eigenvalue weighted by Gasteiger charge is -2.15. The van der Waals surface area contributed by atoms with E-state index in [0.717, 1.165) is 10.1 Å². The van der Waals surface area contributed by atoms with Crippen LogP contribution >= 0.6 is 0 Å². The molecule has 0 aliphatic rings. The number of carboxylic acids is 1. The predicted molar refractivity (Wildman–Crippen MR) is 97.7 cm³/mol. The molecule has 0 unspecified atom stereocenters. The van der Waals surface area contributed by atoms with Gasteiger partial charge in [0.15, 0.2) is 0 Å². The van der Waals surface area contributed by atoms with Crippen molar-refractivity contribution in [1.82, 2.24) is 19.4 Å². The van der Waals surface area contributed by atoms with Crippen LogP contribution in [0.2, 0.25) is 0 Å². The van der Waals surface area contributed by atoms with Gasteiger partial charge >= 0.3 is 11.7 Å². The highest BCUT2D eigenvalue weighted by Crippen LogP contribution is 2.06. The third-order valence-corrected chi connectivity index (χ3v) is 3.78. The Labute approximate surface area is 154 Å². The topological polar surface area (TPSA) is 135 Å². The molecule has 0 radical (unpaired) electrons. The van der Waals surface area contributed by atoms with E-state index in [0.29, 0.717) is 5.82 Å². The van der Waals surface area contributed by atoms with E-state index in [2.05, 4.69) is 15.6 Å². The first-order valence-corrected chi connectivity index (χ1v) is 8.30. The number of hydrogen-bond acceptors (Lipinski definition) is 6. The monoisotopic (exact) mass is 375 g/mol. The van der Waals surface area contributed by atoms with Crippen molar-refractivity contribution in [3.63, 3.8) is 0 Å². The Hall–Kier alpha value is -3.43. The summed E-state index contributed by atoms with van der Waals surface area (Å²) in [7, 11) is 1.39. The zero-order chi connectivity index (χ0) is 19.8. The Balaban J connectivity index is 2.07. The number of carbonyl (C=O) groups is 2. The Bertz CT molecular complexity index is 920. The fourth-order valence-corrected chi connectivity index (χ4v) is 2.34. The second-order valence-corrected chi connectivity index (χ2v) is 5.83. The summed E-state index contributed by atoms with van der Waals surface area (Å²) in [5, 5.41) is 14.0. The van der Waals surface area contributed by atoms with Gasteiger partial charge in [0.25, 0.3) is 5.56 Å². The number of aromatic nitrogens is 3. The predicted octanol–water partition coefficient (Wildman–Crippen LogP) is -0.617. The van der Waals surface area contributed by atoms with Crippen molar-refractivity contribution in [3.05, 3.63) is 57.0 Å². The highest BCUT2D eigenvalue weighted by molar-refractivity contribution is 5.77. The number of amides is 1. The quantitative estimate of drug-likeness (QED) is 0.532. The third-order valence-electron chi connectivity index (χ3n) is 3.78. The van der Waals surface area contributed by atoms with E-state index in [9.17, 15) is 19.2 Å². The minimum Gasteiger partial charge on any atom is -0.481 e. The van der Waals surface area contributed by atoms with Gasteiger partial charge in [0.2, 0.25) is 5.91 Å². The summed E-state index contributed by atoms with van der Waals surface area (Å²) in [6, 6.07) is 4.85. The van der Waals surface area contributed by atoms with Crippen LogP contribution in [0.25, 0.3) is 0 Å². The fourth-order valence-electron chi connectivity index (χ4n) is 2.34. The Morgan fingerprint density at radius 2 is 2.00 bits per heavy atom. The average Bonchev–Trinajstić information content (AvgIpc) is 2.63. The van der Waals surface area contributed by atoms with Crippen molar-refractivity contribution in [2.24, 2.45) is 7.05 Å². The number of nitrogens with zero attached hydrogens (tertiary/aromatic N) is 3. The van der Waals surface area contributed by atoms with E-state index in [-0.39, 0.29) is 38.4 Å². The normalized spacial score (nSPS) is 10.4. The summed E-state index contributed by atoms with van der Waals surface area (Å²) < 4.78 is 2.39. The van der Waals surface area contributed by atoms with E-state index in [1.807, 2.05) is 6.07 Å². The molecule has 0 atom stereocenters. The number of aliphatic carboxylic acids is 1. The summed E-state index contributed by atoms with van der Waals surface area (Å²) >= 11 is 0. The SMILES string of the molecule is Cn1c(=O)cc(NCCC(=O)NCCC(=O)O)n(Cc2cccnc2)c1=O. The van der Waals surface area contributed by atoms with Crippen LogP contribution in [0.1, 0.15) is 18.4 Å². The maximum atomic E-state index is 12.4. The molecule has 3 N–H and O–H groups in total. The van der Waals surface area contributed by atoms with Crippen molar-refractivity contribution in [2.45, 2.75) is 19.4 Å². The molecule has 1 amide bonds. The molecular formula is C17H21N5O5. The molecule has 2 rings (SSSR count). The van der Waals surface area contributed by atoms with Gasteiger partial charge in [0, 0.05) is 45.0 Å². The number of nitrogens with one attached hydrogen (secondary N) is 2. The Kier molecular flexibility index (Phi) is 6.86. The molecule has 0 bridgehead atoms. The molecule has 2 aromatic heterocycles. The van der Waals surface area contributed by atoms with E-state index in [1.54, 1.807) is 18.5 Å². The molecule has 2 heterocycles. The minimum atomic E-state index is -0.993. The van der Waals surface area contributed by atoms with Crippen molar-refractivity contribution in [3.8, 4) is 0 Å². The van der Waals surface area contributed by atoms with Crippen molar-refractivity contribution < 1.29 is 14.7 Å². The van der Waals surface area contributed by atoms with Gasteiger partial charge in [-0.3, -0.25) is 28.5 Å². The van der Waals surface area contributed by atoms with Crippen LogP contribution in [0.15, 0.2) is 40.2 Å². The van der Waals surface area contributed by atoms with Crippen LogP contribution in [0.4, 0.5) is 5.82 Å². The van der Waals surface area contributed by atoms with Crippen LogP contribution in [-0.4, -0.2) is 44.2 Å². The van der Waals surface area contributed by atoms with Crippen LogP contribution in [-0.2, 0) is 23.2 Å². The number of pyridine rings is 1. The zero-order valence-electron chi connectivity index (χ0n) is 14.8. The molecule has 0 saturated heterocycles. The van der Waals surface area contributed by atoms with Crippen molar-refractivity contribution in [1.29, 1.82) is 0 Å². The van der Waals surface area contributed by atoms with Crippen LogP contribution in [0, 0.1) is 0 Å². The molecule has 0 saturated carbocycles. The standard InChI is InChI=1S/C17H21N5O5/c1-21-15(24)9-13(19-7-4-14(23)20-8-5-16(25)26)22(17(21)27)11-12-3-2-6-18-10-12/h2-3,6,9-10,19H,4-5,7-8,11H2,1H3,(H,20,23)(H,25,26). The van der Waals surface area contributed by atoms with Gasteiger partial charge in [-0.05, 0) is 11.6 Å². The Morgan fingerprint density at radius 1 is 1.22 bits per heavy atom. The van der Waals surface area contributed by atoms with E-state index in [4.69, 9.17) is 5.11 Å². The molecule has 144 valence electrons. The minimum absolute atomic E-state index is 0.0474. The second-order valence-electron chi connectivity index (χ2n) is 5.83. The number of carboxylic acid groups (broad SMARTS) is 1. The first-order valence-electron chi connectivity index (χ1n) is 8.30. The lowest BCUT2D eigenvalue weighted by molar-refractivity contribution is -0.136. The van der Waals surface area contributed by atoms with E-state index in [1.165, 1.54) is 17.7 Å². The molecule has 0 aliphatic heterocycles. The van der Waals surface area contributed by atoms with Gasteiger partial charge in [0.05, 0.1) is 13.0 Å². The average molecular weight is 375 g/mol. The molecule has 0 fully saturated rings. The van der Waals surface area contributed by atoms with Gasteiger partial charge in [0.1, 0.15) is 5.82 Å². The van der Waals surface area contributed by atoms with Gasteiger partial charge in [-0.15, -0.1) is 0 Å². The van der Waals surface area contributed by atoms with E-state index < -0.39 is 17.2 Å². The maximum absolute atomic E-state index is 12.4. The van der Waals surface area contributed by atoms with Crippen LogP contribution < -0.4 is 21.9 Å². The molecule has 10 heteroatoms. The molecule has 27 heavy (non-hydrogen) atoms. The largest absolute Gasteiger partial charge is 0.481 e. The number of rotatable bonds is 9. The van der Waals surface area contributed by atoms with Crippen LogP contribution in [0.3, 0.4) is 0 Å². The maximum Gasteiger partial charge on any atom is 0.332 e. The lowest BCUT2D eigenvalue weighted by atomic mass is 10.3. The van der Waals surface area contributed by atoms with Gasteiger partial charge in [-0.1, -0.05) is 6.07 Å². The molecule has 0 spiro atoms. The molecule has 0 aliphatic carbocycles. The molecule has 10 nitrogen and oxygen atoms in total. The Morgan fingerprint density at radius 3 is 2.67 bits per heavy atom. The summed E-state index contributed by atoms with van der Waals surface area (Å²) in [6.07, 6.45) is 3.15. The number of anilines is 1. The lowest BCUT2D eigenvalue weighted by Crippen LogP contribution is -2.39. The second kappa shape index (κ2) is 9.32. The summed E-state index contributed by atoms with van der Waals surface area (Å²) in [5.41, 5.74) is -0.164.